The van der Waals surface area contributed by atoms with Crippen LogP contribution in [0.5, 0.6) is 0 Å². The topological polar surface area (TPSA) is 20.3 Å². The van der Waals surface area contributed by atoms with Crippen molar-refractivity contribution in [1.82, 2.24) is 4.90 Å². The molecular formula is C13H20F3NO. The fourth-order valence-corrected chi connectivity index (χ4v) is 3.21. The van der Waals surface area contributed by atoms with Gasteiger partial charge in [0, 0.05) is 13.1 Å². The Hall–Kier alpha value is -0.740. The average molecular weight is 263 g/mol. The summed E-state index contributed by atoms with van der Waals surface area (Å²) in [5.74, 6) is -0.0338. The Balaban J connectivity index is 1.90. The molecule has 0 N–H and O–H groups in total. The molecule has 2 nitrogen and oxygen atoms in total. The van der Waals surface area contributed by atoms with Crippen LogP contribution >= 0.6 is 0 Å². The maximum absolute atomic E-state index is 12.2. The van der Waals surface area contributed by atoms with Gasteiger partial charge in [-0.25, -0.2) is 0 Å². The third kappa shape index (κ3) is 3.18. The van der Waals surface area contributed by atoms with Gasteiger partial charge in [0.05, 0.1) is 0 Å². The summed E-state index contributed by atoms with van der Waals surface area (Å²) in [6, 6.07) is 0. The largest absolute Gasteiger partial charge is 0.397 e. The highest BCUT2D eigenvalue weighted by atomic mass is 19.4. The van der Waals surface area contributed by atoms with Gasteiger partial charge in [-0.2, -0.15) is 13.2 Å². The first-order valence-electron chi connectivity index (χ1n) is 6.64. The van der Waals surface area contributed by atoms with E-state index in [0.29, 0.717) is 13.1 Å². The number of likely N-dealkylation sites (tertiary alicyclic amines) is 1. The van der Waals surface area contributed by atoms with Gasteiger partial charge in [0.1, 0.15) is 6.42 Å². The van der Waals surface area contributed by atoms with Gasteiger partial charge in [-0.15, -0.1) is 0 Å². The third-order valence-corrected chi connectivity index (χ3v) is 4.48. The number of hydrogen-bond acceptors (Lipinski definition) is 1. The Labute approximate surface area is 106 Å². The minimum absolute atomic E-state index is 0.119. The maximum Gasteiger partial charge on any atom is 0.397 e. The first kappa shape index (κ1) is 13.7. The quantitative estimate of drug-likeness (QED) is 0.710. The van der Waals surface area contributed by atoms with Crippen LogP contribution in [0.1, 0.15) is 45.4 Å². The summed E-state index contributed by atoms with van der Waals surface area (Å²) in [6.45, 7) is 3.26. The molecule has 104 valence electrons. The lowest BCUT2D eigenvalue weighted by Gasteiger charge is -2.36. The van der Waals surface area contributed by atoms with Crippen LogP contribution in [0.2, 0.25) is 0 Å². The van der Waals surface area contributed by atoms with E-state index in [1.807, 2.05) is 0 Å². The second-order valence-electron chi connectivity index (χ2n) is 6.04. The number of carbonyl (C=O) groups is 1. The zero-order valence-corrected chi connectivity index (χ0v) is 10.7. The van der Waals surface area contributed by atoms with Gasteiger partial charge < -0.3 is 4.90 Å². The van der Waals surface area contributed by atoms with Gasteiger partial charge in [0.25, 0.3) is 0 Å². The van der Waals surface area contributed by atoms with Gasteiger partial charge in [0.2, 0.25) is 5.91 Å². The Morgan fingerprint density at radius 3 is 2.44 bits per heavy atom. The summed E-state index contributed by atoms with van der Waals surface area (Å²) < 4.78 is 36.6. The molecule has 0 aromatic carbocycles. The van der Waals surface area contributed by atoms with Crippen LogP contribution in [0.25, 0.3) is 0 Å². The average Bonchev–Trinajstić information content (AvgIpc) is 2.65. The molecule has 2 rings (SSSR count). The van der Waals surface area contributed by atoms with Crippen molar-refractivity contribution in [3.05, 3.63) is 0 Å². The third-order valence-electron chi connectivity index (χ3n) is 4.48. The second kappa shape index (κ2) is 4.74. The van der Waals surface area contributed by atoms with Crippen molar-refractivity contribution in [2.45, 2.75) is 51.6 Å². The number of halogens is 3. The van der Waals surface area contributed by atoms with Crippen molar-refractivity contribution in [3.8, 4) is 0 Å². The van der Waals surface area contributed by atoms with Gasteiger partial charge >= 0.3 is 6.18 Å². The molecule has 2 aliphatic rings. The molecule has 0 atom stereocenters. The molecule has 1 aliphatic carbocycles. The van der Waals surface area contributed by atoms with Gasteiger partial charge in [-0.3, -0.25) is 4.79 Å². The molecule has 0 aromatic heterocycles. The standard InChI is InChI=1S/C13H20F3NO/c1-10-2-4-12(5-3-10)6-7-17(9-12)11(18)8-13(14,15)16/h10H,2-9H2,1H3. The van der Waals surface area contributed by atoms with Gasteiger partial charge in [0.15, 0.2) is 0 Å². The van der Waals surface area contributed by atoms with Crippen LogP contribution in [0.15, 0.2) is 0 Å². The molecule has 0 aromatic rings. The van der Waals surface area contributed by atoms with E-state index in [1.54, 1.807) is 0 Å². The van der Waals surface area contributed by atoms with Crippen LogP contribution in [-0.4, -0.2) is 30.1 Å². The van der Waals surface area contributed by atoms with Crippen molar-refractivity contribution < 1.29 is 18.0 Å². The number of alkyl halides is 3. The van der Waals surface area contributed by atoms with E-state index in [0.717, 1.165) is 38.0 Å². The van der Waals surface area contributed by atoms with Crippen LogP contribution < -0.4 is 0 Å². The highest BCUT2D eigenvalue weighted by Crippen LogP contribution is 2.45. The highest BCUT2D eigenvalue weighted by molar-refractivity contribution is 5.77. The lowest BCUT2D eigenvalue weighted by Crippen LogP contribution is -2.36. The van der Waals surface area contributed by atoms with Crippen molar-refractivity contribution in [2.24, 2.45) is 11.3 Å². The van der Waals surface area contributed by atoms with Crippen LogP contribution in [0, 0.1) is 11.3 Å². The summed E-state index contributed by atoms with van der Waals surface area (Å²) in [7, 11) is 0. The Bertz CT molecular complexity index is 319. The van der Waals surface area contributed by atoms with E-state index < -0.39 is 18.5 Å². The lowest BCUT2D eigenvalue weighted by atomic mass is 9.70. The fourth-order valence-electron chi connectivity index (χ4n) is 3.21. The summed E-state index contributed by atoms with van der Waals surface area (Å²) in [6.07, 6.45) is -0.409. The predicted octanol–water partition coefficient (Wildman–Crippen LogP) is 3.37. The number of hydrogen-bond donors (Lipinski definition) is 0. The summed E-state index contributed by atoms with van der Waals surface area (Å²) in [4.78, 5) is 13.0. The number of nitrogens with zero attached hydrogens (tertiary/aromatic N) is 1. The molecule has 18 heavy (non-hydrogen) atoms. The van der Waals surface area contributed by atoms with Crippen molar-refractivity contribution in [2.75, 3.05) is 13.1 Å². The first-order chi connectivity index (χ1) is 8.30. The molecule has 2 fully saturated rings. The lowest BCUT2D eigenvalue weighted by molar-refractivity contribution is -0.161. The Kier molecular flexibility index (Phi) is 3.60. The molecule has 1 saturated carbocycles. The van der Waals surface area contributed by atoms with E-state index in [2.05, 4.69) is 6.92 Å². The van der Waals surface area contributed by atoms with E-state index in [1.165, 1.54) is 4.90 Å². The minimum atomic E-state index is -4.38. The van der Waals surface area contributed by atoms with Crippen molar-refractivity contribution >= 4 is 5.91 Å². The summed E-state index contributed by atoms with van der Waals surface area (Å²) >= 11 is 0. The number of carbonyl (C=O) groups excluding carboxylic acids is 1. The molecule has 1 aliphatic heterocycles. The molecule has 1 amide bonds. The van der Waals surface area contributed by atoms with E-state index in [4.69, 9.17) is 0 Å². The second-order valence-corrected chi connectivity index (χ2v) is 6.04. The smallest absolute Gasteiger partial charge is 0.342 e. The summed E-state index contributed by atoms with van der Waals surface area (Å²) in [5, 5.41) is 0. The van der Waals surface area contributed by atoms with Gasteiger partial charge in [-0.1, -0.05) is 19.8 Å². The Morgan fingerprint density at radius 2 is 1.89 bits per heavy atom. The zero-order valence-electron chi connectivity index (χ0n) is 10.7. The number of rotatable bonds is 1. The normalized spacial score (nSPS) is 33.1. The molecule has 0 radical (unpaired) electrons. The summed E-state index contributed by atoms with van der Waals surface area (Å²) in [5.41, 5.74) is 0.119. The molecular weight excluding hydrogens is 243 g/mol. The number of amides is 1. The van der Waals surface area contributed by atoms with E-state index in [-0.39, 0.29) is 5.41 Å². The fraction of sp³-hybridized carbons (Fsp3) is 0.923. The zero-order chi connectivity index (χ0) is 13.4. The highest BCUT2D eigenvalue weighted by Gasteiger charge is 2.43. The predicted molar refractivity (Wildman–Crippen MR) is 61.9 cm³/mol. The van der Waals surface area contributed by atoms with Crippen molar-refractivity contribution in [1.29, 1.82) is 0 Å². The molecule has 1 spiro atoms. The minimum Gasteiger partial charge on any atom is -0.342 e. The van der Waals surface area contributed by atoms with Crippen LogP contribution in [0.3, 0.4) is 0 Å². The van der Waals surface area contributed by atoms with E-state index >= 15 is 0 Å². The first-order valence-corrected chi connectivity index (χ1v) is 6.64. The molecule has 0 bridgehead atoms. The maximum atomic E-state index is 12.2. The molecule has 1 saturated heterocycles. The van der Waals surface area contributed by atoms with E-state index in [9.17, 15) is 18.0 Å². The molecule has 5 heteroatoms. The molecule has 1 heterocycles. The van der Waals surface area contributed by atoms with Crippen LogP contribution in [0.4, 0.5) is 13.2 Å². The van der Waals surface area contributed by atoms with Crippen LogP contribution in [-0.2, 0) is 4.79 Å². The van der Waals surface area contributed by atoms with Gasteiger partial charge in [-0.05, 0) is 30.6 Å². The monoisotopic (exact) mass is 263 g/mol. The van der Waals surface area contributed by atoms with Crippen molar-refractivity contribution in [3.63, 3.8) is 0 Å². The SMILES string of the molecule is CC1CCC2(CC1)CCN(C(=O)CC(F)(F)F)C2. The Morgan fingerprint density at radius 1 is 1.28 bits per heavy atom. The molecule has 0 unspecified atom stereocenters.